The van der Waals surface area contributed by atoms with Crippen molar-refractivity contribution in [2.24, 2.45) is 28.6 Å². The van der Waals surface area contributed by atoms with Crippen molar-refractivity contribution < 1.29 is 19.8 Å². The van der Waals surface area contributed by atoms with Gasteiger partial charge < -0.3 is 15.0 Å². The molecular weight excluding hydrogens is 328 g/mol. The van der Waals surface area contributed by atoms with Gasteiger partial charge in [-0.25, -0.2) is 0 Å². The summed E-state index contributed by atoms with van der Waals surface area (Å²) in [6, 6.07) is 0. The minimum atomic E-state index is -1.08. The van der Waals surface area contributed by atoms with E-state index in [9.17, 15) is 19.8 Å². The number of carboxylic acid groups (broad SMARTS) is 1. The molecule has 26 heavy (non-hydrogen) atoms. The number of hydrogen-bond donors (Lipinski definition) is 1. The van der Waals surface area contributed by atoms with E-state index < -0.39 is 11.6 Å². The lowest BCUT2D eigenvalue weighted by molar-refractivity contribution is -0.307. The fourth-order valence-electron chi connectivity index (χ4n) is 6.83. The zero-order chi connectivity index (χ0) is 18.7. The maximum Gasteiger partial charge on any atom is 0.156 e. The first kappa shape index (κ1) is 18.0. The highest BCUT2D eigenvalue weighted by Gasteiger charge is 2.62. The Hall–Kier alpha value is -1.42. The Kier molecular flexibility index (Phi) is 4.00. The molecule has 142 valence electrons. The molecule has 0 aromatic rings. The Bertz CT molecular complexity index is 707. The highest BCUT2D eigenvalue weighted by Crippen LogP contribution is 2.66. The lowest BCUT2D eigenvalue weighted by Crippen LogP contribution is -2.54. The third kappa shape index (κ3) is 2.37. The zero-order valence-corrected chi connectivity index (χ0v) is 15.8. The Morgan fingerprint density at radius 3 is 2.69 bits per heavy atom. The average molecular weight is 357 g/mol. The number of hydrogen-bond acceptors (Lipinski definition) is 4. The number of carboxylic acids is 1. The van der Waals surface area contributed by atoms with Gasteiger partial charge in [0.05, 0.1) is 5.60 Å². The summed E-state index contributed by atoms with van der Waals surface area (Å²) in [4.78, 5) is 22.8. The van der Waals surface area contributed by atoms with Crippen molar-refractivity contribution in [3.05, 3.63) is 23.8 Å². The molecule has 0 aliphatic heterocycles. The summed E-state index contributed by atoms with van der Waals surface area (Å²) < 4.78 is 0. The van der Waals surface area contributed by atoms with Gasteiger partial charge in [0, 0.05) is 12.4 Å². The molecule has 4 heteroatoms. The summed E-state index contributed by atoms with van der Waals surface area (Å²) in [5.41, 5.74) is 0.0933. The maximum absolute atomic E-state index is 11.9. The topological polar surface area (TPSA) is 77.4 Å². The first-order valence-electron chi connectivity index (χ1n) is 10.1. The quantitative estimate of drug-likeness (QED) is 0.842. The molecule has 0 heterocycles. The monoisotopic (exact) mass is 357 g/mol. The molecule has 1 N–H and O–H groups in total. The van der Waals surface area contributed by atoms with Crippen molar-refractivity contribution in [3.63, 3.8) is 0 Å². The molecule has 4 rings (SSSR count). The normalized spacial score (nSPS) is 47.0. The molecule has 4 aliphatic rings. The standard InChI is InChI=1S/C22H30O4/c1-20-9-5-15(23)13-14(20)3-4-16-17(20)6-10-21(2)18(16)7-11-22(21,26)12-8-19(24)25/h3-4,13,16-18,26H,5-12H2,1-2H3,(H,24,25)/p-1/t16?,17?,18?,20-,21-,22+/m0/s1. The van der Waals surface area contributed by atoms with E-state index in [1.165, 1.54) is 5.57 Å². The summed E-state index contributed by atoms with van der Waals surface area (Å²) in [6.45, 7) is 4.48. The summed E-state index contributed by atoms with van der Waals surface area (Å²) in [6.07, 6.45) is 11.6. The predicted octanol–water partition coefficient (Wildman–Crippen LogP) is 2.56. The molecule has 4 nitrogen and oxygen atoms in total. The van der Waals surface area contributed by atoms with Crippen LogP contribution in [-0.4, -0.2) is 22.5 Å². The summed E-state index contributed by atoms with van der Waals surface area (Å²) in [5.74, 6) is 0.444. The lowest BCUT2D eigenvalue weighted by Gasteiger charge is -2.57. The van der Waals surface area contributed by atoms with Crippen molar-refractivity contribution in [2.45, 2.75) is 70.8 Å². The third-order valence-electron chi connectivity index (χ3n) is 8.58. The minimum Gasteiger partial charge on any atom is -0.550 e. The van der Waals surface area contributed by atoms with Crippen LogP contribution < -0.4 is 5.11 Å². The first-order valence-corrected chi connectivity index (χ1v) is 10.1. The van der Waals surface area contributed by atoms with Crippen LogP contribution in [0, 0.1) is 28.6 Å². The number of aliphatic hydroxyl groups is 1. The molecule has 0 spiro atoms. The first-order chi connectivity index (χ1) is 12.2. The molecule has 0 amide bonds. The molecule has 2 saturated carbocycles. The average Bonchev–Trinajstić information content (AvgIpc) is 2.86. The van der Waals surface area contributed by atoms with Crippen molar-refractivity contribution in [2.75, 3.05) is 0 Å². The van der Waals surface area contributed by atoms with Crippen LogP contribution in [0.3, 0.4) is 0 Å². The summed E-state index contributed by atoms with van der Waals surface area (Å²) in [5, 5.41) is 22.3. The predicted molar refractivity (Wildman–Crippen MR) is 95.8 cm³/mol. The molecule has 6 atom stereocenters. The minimum absolute atomic E-state index is 0.0559. The Morgan fingerprint density at radius 1 is 1.23 bits per heavy atom. The number of rotatable bonds is 3. The Morgan fingerprint density at radius 2 is 1.96 bits per heavy atom. The molecule has 0 radical (unpaired) electrons. The molecule has 0 saturated heterocycles. The highest BCUT2D eigenvalue weighted by molar-refractivity contribution is 5.92. The molecule has 3 unspecified atom stereocenters. The van der Waals surface area contributed by atoms with Crippen molar-refractivity contribution in [3.8, 4) is 0 Å². The zero-order valence-electron chi connectivity index (χ0n) is 15.8. The van der Waals surface area contributed by atoms with Gasteiger partial charge in [-0.05, 0) is 85.2 Å². The van der Waals surface area contributed by atoms with Gasteiger partial charge in [-0.2, -0.15) is 0 Å². The van der Waals surface area contributed by atoms with Crippen LogP contribution in [-0.2, 0) is 9.59 Å². The van der Waals surface area contributed by atoms with Crippen LogP contribution >= 0.6 is 0 Å². The fourth-order valence-corrected chi connectivity index (χ4v) is 6.83. The molecule has 0 bridgehead atoms. The van der Waals surface area contributed by atoms with Gasteiger partial charge in [0.25, 0.3) is 0 Å². The van der Waals surface area contributed by atoms with E-state index in [-0.39, 0.29) is 23.0 Å². The molecule has 0 aromatic heterocycles. The van der Waals surface area contributed by atoms with Gasteiger partial charge in [0.15, 0.2) is 5.78 Å². The second-order valence-electron chi connectivity index (χ2n) is 9.53. The van der Waals surface area contributed by atoms with Gasteiger partial charge in [-0.15, -0.1) is 0 Å². The molecule has 2 fully saturated rings. The van der Waals surface area contributed by atoms with Crippen LogP contribution in [0.25, 0.3) is 0 Å². The lowest BCUT2D eigenvalue weighted by atomic mass is 9.48. The van der Waals surface area contributed by atoms with Gasteiger partial charge in [0.2, 0.25) is 0 Å². The van der Waals surface area contributed by atoms with Crippen LogP contribution in [0.5, 0.6) is 0 Å². The second kappa shape index (κ2) is 5.79. The van der Waals surface area contributed by atoms with Crippen molar-refractivity contribution in [1.29, 1.82) is 0 Å². The van der Waals surface area contributed by atoms with Crippen molar-refractivity contribution in [1.82, 2.24) is 0 Å². The smallest absolute Gasteiger partial charge is 0.156 e. The SMILES string of the molecule is C[C@]12CCC(=O)C=C1C=CC1C2CC[C@@]2(C)C1CC[C@@]2(O)CCC(=O)[O-]. The number of ketones is 1. The van der Waals surface area contributed by atoms with Crippen molar-refractivity contribution >= 4 is 11.8 Å². The van der Waals surface area contributed by atoms with E-state index in [4.69, 9.17) is 0 Å². The van der Waals surface area contributed by atoms with E-state index >= 15 is 0 Å². The number of fused-ring (bicyclic) bond motifs is 5. The summed E-state index contributed by atoms with van der Waals surface area (Å²) >= 11 is 0. The number of carbonyl (C=O) groups is 2. The molecular formula is C22H29O4-. The number of allylic oxidation sites excluding steroid dienone is 4. The second-order valence-corrected chi connectivity index (χ2v) is 9.53. The van der Waals surface area contributed by atoms with Crippen LogP contribution in [0.1, 0.15) is 65.2 Å². The van der Waals surface area contributed by atoms with E-state index in [2.05, 4.69) is 26.0 Å². The van der Waals surface area contributed by atoms with E-state index in [1.54, 1.807) is 0 Å². The maximum atomic E-state index is 11.9. The van der Waals surface area contributed by atoms with Gasteiger partial charge in [-0.1, -0.05) is 26.0 Å². The van der Waals surface area contributed by atoms with E-state index in [0.717, 1.165) is 25.7 Å². The largest absolute Gasteiger partial charge is 0.550 e. The number of carbonyl (C=O) groups excluding carboxylic acids is 2. The fraction of sp³-hybridized carbons (Fsp3) is 0.727. The summed E-state index contributed by atoms with van der Waals surface area (Å²) in [7, 11) is 0. The molecule has 4 aliphatic carbocycles. The third-order valence-corrected chi connectivity index (χ3v) is 8.58. The van der Waals surface area contributed by atoms with E-state index in [0.29, 0.717) is 37.0 Å². The highest BCUT2D eigenvalue weighted by atomic mass is 16.4. The number of aliphatic carboxylic acids is 1. The Labute approximate surface area is 155 Å². The van der Waals surface area contributed by atoms with E-state index in [1.807, 2.05) is 6.08 Å². The van der Waals surface area contributed by atoms with Gasteiger partial charge in [0.1, 0.15) is 0 Å². The molecule has 0 aromatic carbocycles. The Balaban J connectivity index is 1.66. The van der Waals surface area contributed by atoms with Crippen LogP contribution in [0.4, 0.5) is 0 Å². The van der Waals surface area contributed by atoms with Crippen LogP contribution in [0.15, 0.2) is 23.8 Å². The van der Waals surface area contributed by atoms with Gasteiger partial charge in [-0.3, -0.25) is 4.79 Å². The van der Waals surface area contributed by atoms with Gasteiger partial charge >= 0.3 is 0 Å². The van der Waals surface area contributed by atoms with Crippen LogP contribution in [0.2, 0.25) is 0 Å².